The van der Waals surface area contributed by atoms with Gasteiger partial charge in [-0.2, -0.15) is 0 Å². The summed E-state index contributed by atoms with van der Waals surface area (Å²) < 4.78 is 5.26. The fourth-order valence-corrected chi connectivity index (χ4v) is 3.37. The molecule has 2 rings (SSSR count). The Morgan fingerprint density at radius 3 is 2.24 bits per heavy atom. The van der Waals surface area contributed by atoms with E-state index in [1.54, 1.807) is 18.4 Å². The molecule has 0 bridgehead atoms. The molecule has 1 aromatic carbocycles. The summed E-state index contributed by atoms with van der Waals surface area (Å²) in [5.74, 6) is 1.89. The third-order valence-electron chi connectivity index (χ3n) is 3.87. The molecular formula is C18H25NOS. The van der Waals surface area contributed by atoms with Crippen LogP contribution in [0.5, 0.6) is 5.75 Å². The largest absolute Gasteiger partial charge is 0.496 e. The van der Waals surface area contributed by atoms with Crippen LogP contribution in [-0.4, -0.2) is 7.11 Å². The number of benzene rings is 1. The van der Waals surface area contributed by atoms with E-state index in [1.165, 1.54) is 16.7 Å². The van der Waals surface area contributed by atoms with Crippen LogP contribution in [-0.2, 0) is 0 Å². The maximum absolute atomic E-state index is 6.50. The van der Waals surface area contributed by atoms with Crippen LogP contribution in [0.3, 0.4) is 0 Å². The molecule has 0 radical (unpaired) electrons. The van der Waals surface area contributed by atoms with E-state index in [0.717, 1.165) is 10.6 Å². The molecule has 1 unspecified atom stereocenters. The molecule has 0 amide bonds. The van der Waals surface area contributed by atoms with Crippen LogP contribution >= 0.6 is 11.3 Å². The lowest BCUT2D eigenvalue weighted by Crippen LogP contribution is -2.14. The van der Waals surface area contributed by atoms with Crippen LogP contribution < -0.4 is 10.5 Å². The van der Waals surface area contributed by atoms with Gasteiger partial charge in [0.2, 0.25) is 0 Å². The summed E-state index contributed by atoms with van der Waals surface area (Å²) in [6.45, 7) is 8.90. The van der Waals surface area contributed by atoms with E-state index >= 15 is 0 Å². The molecule has 0 fully saturated rings. The molecule has 2 nitrogen and oxygen atoms in total. The van der Waals surface area contributed by atoms with Crippen molar-refractivity contribution >= 4 is 11.3 Å². The Morgan fingerprint density at radius 1 is 1.00 bits per heavy atom. The van der Waals surface area contributed by atoms with Gasteiger partial charge in [0.05, 0.1) is 13.2 Å². The average Bonchev–Trinajstić information content (AvgIpc) is 2.94. The van der Waals surface area contributed by atoms with Crippen molar-refractivity contribution < 1.29 is 4.74 Å². The predicted molar refractivity (Wildman–Crippen MR) is 91.5 cm³/mol. The van der Waals surface area contributed by atoms with E-state index in [9.17, 15) is 0 Å². The lowest BCUT2D eigenvalue weighted by atomic mass is 9.88. The first-order chi connectivity index (χ1) is 9.93. The quantitative estimate of drug-likeness (QED) is 0.838. The smallest absolute Gasteiger partial charge is 0.129 e. The zero-order chi connectivity index (χ0) is 15.6. The van der Waals surface area contributed by atoms with Gasteiger partial charge in [-0.25, -0.2) is 0 Å². The third kappa shape index (κ3) is 3.47. The van der Waals surface area contributed by atoms with Crippen molar-refractivity contribution in [2.45, 2.75) is 45.6 Å². The molecule has 21 heavy (non-hydrogen) atoms. The van der Waals surface area contributed by atoms with E-state index in [1.807, 2.05) is 11.4 Å². The normalized spacial score (nSPS) is 13.0. The minimum atomic E-state index is -0.0856. The minimum Gasteiger partial charge on any atom is -0.496 e. The topological polar surface area (TPSA) is 35.2 Å². The highest BCUT2D eigenvalue weighted by atomic mass is 32.1. The average molecular weight is 303 g/mol. The zero-order valence-electron chi connectivity index (χ0n) is 13.5. The van der Waals surface area contributed by atoms with Crippen LogP contribution in [0.25, 0.3) is 0 Å². The van der Waals surface area contributed by atoms with Gasteiger partial charge in [0.1, 0.15) is 5.75 Å². The van der Waals surface area contributed by atoms with E-state index in [-0.39, 0.29) is 6.04 Å². The zero-order valence-corrected chi connectivity index (χ0v) is 14.3. The Morgan fingerprint density at radius 2 is 1.71 bits per heavy atom. The van der Waals surface area contributed by atoms with Crippen LogP contribution in [0.1, 0.15) is 67.1 Å². The highest BCUT2D eigenvalue weighted by Gasteiger charge is 2.18. The van der Waals surface area contributed by atoms with Gasteiger partial charge in [-0.15, -0.1) is 11.3 Å². The first-order valence-electron chi connectivity index (χ1n) is 7.45. The molecule has 0 aliphatic rings. The number of rotatable bonds is 5. The highest BCUT2D eigenvalue weighted by Crippen LogP contribution is 2.34. The Kier molecular flexibility index (Phi) is 5.07. The SMILES string of the molecule is COc1csc(C(N)c2ccc(C(C)C)cc2C(C)C)c1. The number of hydrogen-bond acceptors (Lipinski definition) is 3. The monoisotopic (exact) mass is 303 g/mol. The van der Waals surface area contributed by atoms with Crippen molar-refractivity contribution in [1.82, 2.24) is 0 Å². The molecule has 0 aliphatic carbocycles. The molecule has 1 heterocycles. The van der Waals surface area contributed by atoms with Crippen LogP contribution in [0.2, 0.25) is 0 Å². The van der Waals surface area contributed by atoms with Crippen molar-refractivity contribution in [2.75, 3.05) is 7.11 Å². The van der Waals surface area contributed by atoms with E-state index in [4.69, 9.17) is 10.5 Å². The molecular weight excluding hydrogens is 278 g/mol. The fraction of sp³-hybridized carbons (Fsp3) is 0.444. The fourth-order valence-electron chi connectivity index (χ4n) is 2.49. The summed E-state index contributed by atoms with van der Waals surface area (Å²) >= 11 is 1.66. The van der Waals surface area contributed by atoms with Gasteiger partial charge in [0, 0.05) is 10.3 Å². The summed E-state index contributed by atoms with van der Waals surface area (Å²) in [6, 6.07) is 8.67. The summed E-state index contributed by atoms with van der Waals surface area (Å²) in [5, 5.41) is 2.01. The van der Waals surface area contributed by atoms with Crippen LogP contribution in [0.4, 0.5) is 0 Å². The van der Waals surface area contributed by atoms with Gasteiger partial charge in [-0.1, -0.05) is 45.9 Å². The Balaban J connectivity index is 2.42. The molecule has 2 N–H and O–H groups in total. The molecule has 0 saturated heterocycles. The van der Waals surface area contributed by atoms with Crippen molar-refractivity contribution in [1.29, 1.82) is 0 Å². The van der Waals surface area contributed by atoms with Gasteiger partial charge in [0.25, 0.3) is 0 Å². The van der Waals surface area contributed by atoms with Gasteiger partial charge in [-0.3, -0.25) is 0 Å². The summed E-state index contributed by atoms with van der Waals surface area (Å²) in [7, 11) is 1.69. The lowest BCUT2D eigenvalue weighted by Gasteiger charge is -2.20. The third-order valence-corrected chi connectivity index (χ3v) is 4.87. The highest BCUT2D eigenvalue weighted by molar-refractivity contribution is 7.10. The molecule has 0 saturated carbocycles. The van der Waals surface area contributed by atoms with E-state index in [0.29, 0.717) is 11.8 Å². The van der Waals surface area contributed by atoms with Crippen molar-refractivity contribution in [2.24, 2.45) is 5.73 Å². The van der Waals surface area contributed by atoms with Crippen LogP contribution in [0, 0.1) is 0 Å². The molecule has 1 aromatic heterocycles. The predicted octanol–water partition coefficient (Wildman–Crippen LogP) is 5.05. The molecule has 0 spiro atoms. The first kappa shape index (κ1) is 16.1. The minimum absolute atomic E-state index is 0.0856. The Bertz CT molecular complexity index is 601. The maximum Gasteiger partial charge on any atom is 0.129 e. The van der Waals surface area contributed by atoms with Gasteiger partial charge in [-0.05, 0) is 34.6 Å². The molecule has 2 aromatic rings. The van der Waals surface area contributed by atoms with Crippen molar-refractivity contribution in [3.8, 4) is 5.75 Å². The maximum atomic E-state index is 6.50. The number of methoxy groups -OCH3 is 1. The molecule has 0 aliphatic heterocycles. The second-order valence-corrected chi connectivity index (χ2v) is 7.01. The number of thiophene rings is 1. The van der Waals surface area contributed by atoms with Gasteiger partial charge < -0.3 is 10.5 Å². The first-order valence-corrected chi connectivity index (χ1v) is 8.33. The molecule has 114 valence electrons. The van der Waals surface area contributed by atoms with Crippen molar-refractivity contribution in [3.63, 3.8) is 0 Å². The van der Waals surface area contributed by atoms with Crippen LogP contribution in [0.15, 0.2) is 29.6 Å². The Labute approximate surface area is 132 Å². The Hall–Kier alpha value is -1.32. The van der Waals surface area contributed by atoms with Gasteiger partial charge >= 0.3 is 0 Å². The number of ether oxygens (including phenoxy) is 1. The number of hydrogen-bond donors (Lipinski definition) is 1. The second-order valence-electron chi connectivity index (χ2n) is 6.06. The van der Waals surface area contributed by atoms with E-state index in [2.05, 4.69) is 45.9 Å². The van der Waals surface area contributed by atoms with Crippen molar-refractivity contribution in [3.05, 3.63) is 51.2 Å². The molecule has 3 heteroatoms. The van der Waals surface area contributed by atoms with E-state index < -0.39 is 0 Å². The number of nitrogens with two attached hydrogens (primary N) is 1. The molecule has 1 atom stereocenters. The summed E-state index contributed by atoms with van der Waals surface area (Å²) in [5.41, 5.74) is 10.4. The standard InChI is InChI=1S/C18H25NOS/c1-11(2)13-6-7-15(16(8-13)12(3)4)18(19)17-9-14(20-5)10-21-17/h6-12,18H,19H2,1-5H3. The lowest BCUT2D eigenvalue weighted by molar-refractivity contribution is 0.416. The van der Waals surface area contributed by atoms with Gasteiger partial charge in [0.15, 0.2) is 0 Å². The summed E-state index contributed by atoms with van der Waals surface area (Å²) in [6.07, 6.45) is 0. The summed E-state index contributed by atoms with van der Waals surface area (Å²) in [4.78, 5) is 1.14. The second kappa shape index (κ2) is 6.63.